The van der Waals surface area contributed by atoms with Crippen LogP contribution in [0.15, 0.2) is 22.7 Å². The van der Waals surface area contributed by atoms with Crippen molar-refractivity contribution in [3.8, 4) is 5.75 Å². The molecule has 1 atom stereocenters. The summed E-state index contributed by atoms with van der Waals surface area (Å²) >= 11 is 9.27. The second-order valence-electron chi connectivity index (χ2n) is 6.84. The fourth-order valence-electron chi connectivity index (χ4n) is 2.78. The summed E-state index contributed by atoms with van der Waals surface area (Å²) in [6.45, 7) is 8.31. The molecular weight excluding hydrogens is 396 g/mol. The van der Waals surface area contributed by atoms with Crippen LogP contribution >= 0.6 is 27.5 Å². The fourth-order valence-corrected chi connectivity index (χ4v) is 3.57. The van der Waals surface area contributed by atoms with Crippen molar-refractivity contribution >= 4 is 33.4 Å². The largest absolute Gasteiger partial charge is 0.483 e. The molecule has 0 bridgehead atoms. The standard InChI is InChI=1S/C17H24BrClN2O3/c1-12-9-20(6-7-21(12)11-17(2,3)23)16(22)10-24-15-5-4-13(19)8-14(15)18/h4-5,8,12,23H,6-7,9-11H2,1-3H3. The van der Waals surface area contributed by atoms with Gasteiger partial charge >= 0.3 is 0 Å². The Morgan fingerprint density at radius 2 is 2.17 bits per heavy atom. The highest BCUT2D eigenvalue weighted by Crippen LogP contribution is 2.28. The molecule has 1 saturated heterocycles. The van der Waals surface area contributed by atoms with Crippen LogP contribution in [-0.2, 0) is 4.79 Å². The zero-order valence-corrected chi connectivity index (χ0v) is 16.6. The van der Waals surface area contributed by atoms with E-state index in [0.717, 1.165) is 11.0 Å². The van der Waals surface area contributed by atoms with E-state index in [0.29, 0.717) is 30.4 Å². The summed E-state index contributed by atoms with van der Waals surface area (Å²) in [7, 11) is 0. The van der Waals surface area contributed by atoms with Gasteiger partial charge in [-0.15, -0.1) is 0 Å². The first-order valence-corrected chi connectivity index (χ1v) is 9.15. The molecule has 1 aromatic carbocycles. The first-order valence-electron chi connectivity index (χ1n) is 7.98. The summed E-state index contributed by atoms with van der Waals surface area (Å²) in [5.41, 5.74) is -0.732. The van der Waals surface area contributed by atoms with Crippen molar-refractivity contribution in [1.29, 1.82) is 0 Å². The molecule has 1 N–H and O–H groups in total. The van der Waals surface area contributed by atoms with Gasteiger partial charge in [0, 0.05) is 37.2 Å². The number of amides is 1. The number of halogens is 2. The molecule has 1 aromatic rings. The highest BCUT2D eigenvalue weighted by molar-refractivity contribution is 9.10. The molecule has 2 rings (SSSR count). The third kappa shape index (κ3) is 5.62. The number of hydrogen-bond acceptors (Lipinski definition) is 4. The number of ether oxygens (including phenoxy) is 1. The second-order valence-corrected chi connectivity index (χ2v) is 8.13. The van der Waals surface area contributed by atoms with E-state index >= 15 is 0 Å². The van der Waals surface area contributed by atoms with Gasteiger partial charge in [-0.1, -0.05) is 11.6 Å². The number of benzene rings is 1. The lowest BCUT2D eigenvalue weighted by molar-refractivity contribution is -0.136. The fraction of sp³-hybridized carbons (Fsp3) is 0.588. The number of hydrogen-bond donors (Lipinski definition) is 1. The molecule has 7 heteroatoms. The summed E-state index contributed by atoms with van der Waals surface area (Å²) < 4.78 is 6.33. The van der Waals surface area contributed by atoms with Crippen molar-refractivity contribution in [2.45, 2.75) is 32.4 Å². The Morgan fingerprint density at radius 1 is 1.46 bits per heavy atom. The van der Waals surface area contributed by atoms with Gasteiger partial charge in [0.2, 0.25) is 0 Å². The molecular formula is C17H24BrClN2O3. The van der Waals surface area contributed by atoms with Gasteiger partial charge in [-0.2, -0.15) is 0 Å². The molecule has 5 nitrogen and oxygen atoms in total. The average molecular weight is 420 g/mol. The minimum atomic E-state index is -0.732. The normalized spacial score (nSPS) is 19.4. The lowest BCUT2D eigenvalue weighted by atomic mass is 10.1. The highest BCUT2D eigenvalue weighted by atomic mass is 79.9. The molecule has 1 aliphatic rings. The summed E-state index contributed by atoms with van der Waals surface area (Å²) in [6, 6.07) is 5.41. The van der Waals surface area contributed by atoms with Crippen LogP contribution in [0, 0.1) is 0 Å². The van der Waals surface area contributed by atoms with Crippen molar-refractivity contribution in [2.75, 3.05) is 32.8 Å². The predicted octanol–water partition coefficient (Wildman–Crippen LogP) is 2.78. The third-order valence-corrected chi connectivity index (χ3v) is 4.81. The maximum Gasteiger partial charge on any atom is 0.260 e. The molecule has 24 heavy (non-hydrogen) atoms. The van der Waals surface area contributed by atoms with E-state index in [-0.39, 0.29) is 18.6 Å². The maximum absolute atomic E-state index is 12.4. The van der Waals surface area contributed by atoms with Crippen molar-refractivity contribution in [3.63, 3.8) is 0 Å². The number of rotatable bonds is 5. The van der Waals surface area contributed by atoms with Crippen molar-refractivity contribution in [2.24, 2.45) is 0 Å². The molecule has 1 aliphatic heterocycles. The number of piperazine rings is 1. The Labute approximate surface area is 156 Å². The first kappa shape index (κ1) is 19.5. The Kier molecular flexibility index (Phi) is 6.53. The minimum absolute atomic E-state index is 0.00154. The van der Waals surface area contributed by atoms with E-state index in [1.54, 1.807) is 32.0 Å². The van der Waals surface area contributed by atoms with Crippen LogP contribution in [-0.4, -0.2) is 65.2 Å². The van der Waals surface area contributed by atoms with E-state index in [2.05, 4.69) is 27.8 Å². The van der Waals surface area contributed by atoms with Crippen LogP contribution in [0.4, 0.5) is 0 Å². The Morgan fingerprint density at radius 3 is 2.75 bits per heavy atom. The molecule has 1 unspecified atom stereocenters. The number of β-amino-alcohol motifs (C(OH)–C–C–N with tert-alkyl or cyclic N) is 1. The number of carbonyl (C=O) groups is 1. The van der Waals surface area contributed by atoms with Gasteiger partial charge < -0.3 is 14.7 Å². The highest BCUT2D eigenvalue weighted by Gasteiger charge is 2.29. The zero-order valence-electron chi connectivity index (χ0n) is 14.3. The molecule has 1 amide bonds. The van der Waals surface area contributed by atoms with E-state index < -0.39 is 5.60 Å². The van der Waals surface area contributed by atoms with Gasteiger partial charge in [0.25, 0.3) is 5.91 Å². The van der Waals surface area contributed by atoms with Crippen LogP contribution in [0.25, 0.3) is 0 Å². The van der Waals surface area contributed by atoms with Gasteiger partial charge in [0.05, 0.1) is 10.1 Å². The first-order chi connectivity index (χ1) is 11.2. The monoisotopic (exact) mass is 418 g/mol. The lowest BCUT2D eigenvalue weighted by Crippen LogP contribution is -2.57. The third-order valence-electron chi connectivity index (χ3n) is 3.95. The smallest absolute Gasteiger partial charge is 0.260 e. The van der Waals surface area contributed by atoms with Crippen LogP contribution in [0.3, 0.4) is 0 Å². The average Bonchev–Trinajstić information content (AvgIpc) is 2.47. The van der Waals surface area contributed by atoms with Crippen LogP contribution in [0.2, 0.25) is 5.02 Å². The molecule has 0 spiro atoms. The summed E-state index contributed by atoms with van der Waals surface area (Å²) in [5, 5.41) is 10.6. The Hall–Kier alpha value is -0.820. The molecule has 134 valence electrons. The van der Waals surface area contributed by atoms with Crippen molar-refractivity contribution in [3.05, 3.63) is 27.7 Å². The minimum Gasteiger partial charge on any atom is -0.483 e. The van der Waals surface area contributed by atoms with E-state index in [1.807, 2.05) is 4.90 Å². The molecule has 0 aromatic heterocycles. The lowest BCUT2D eigenvalue weighted by Gasteiger charge is -2.42. The summed E-state index contributed by atoms with van der Waals surface area (Å²) in [6.07, 6.45) is 0. The van der Waals surface area contributed by atoms with Gasteiger partial charge in [-0.25, -0.2) is 0 Å². The summed E-state index contributed by atoms with van der Waals surface area (Å²) in [5.74, 6) is 0.563. The van der Waals surface area contributed by atoms with Gasteiger partial charge in [0.15, 0.2) is 6.61 Å². The molecule has 0 saturated carbocycles. The van der Waals surface area contributed by atoms with E-state index in [1.165, 1.54) is 0 Å². The molecule has 1 heterocycles. The Bertz CT molecular complexity index is 592. The quantitative estimate of drug-likeness (QED) is 0.797. The predicted molar refractivity (Wildman–Crippen MR) is 98.6 cm³/mol. The van der Waals surface area contributed by atoms with Gasteiger partial charge in [0.1, 0.15) is 5.75 Å². The van der Waals surface area contributed by atoms with Crippen LogP contribution < -0.4 is 4.74 Å². The van der Waals surface area contributed by atoms with Crippen LogP contribution in [0.5, 0.6) is 5.75 Å². The van der Waals surface area contributed by atoms with Crippen molar-refractivity contribution in [1.82, 2.24) is 9.80 Å². The second kappa shape index (κ2) is 8.04. The maximum atomic E-state index is 12.4. The van der Waals surface area contributed by atoms with Crippen LogP contribution in [0.1, 0.15) is 20.8 Å². The zero-order chi connectivity index (χ0) is 17.9. The van der Waals surface area contributed by atoms with E-state index in [4.69, 9.17) is 16.3 Å². The van der Waals surface area contributed by atoms with Gasteiger partial charge in [-0.3, -0.25) is 9.69 Å². The Balaban J connectivity index is 1.86. The van der Waals surface area contributed by atoms with E-state index in [9.17, 15) is 9.90 Å². The number of aliphatic hydroxyl groups is 1. The number of nitrogens with zero attached hydrogens (tertiary/aromatic N) is 2. The molecule has 0 radical (unpaired) electrons. The topological polar surface area (TPSA) is 53.0 Å². The molecule has 0 aliphatic carbocycles. The van der Waals surface area contributed by atoms with Gasteiger partial charge in [-0.05, 0) is 54.9 Å². The number of carbonyl (C=O) groups excluding carboxylic acids is 1. The summed E-state index contributed by atoms with van der Waals surface area (Å²) in [4.78, 5) is 16.4. The SMILES string of the molecule is CC1CN(C(=O)COc2ccc(Cl)cc2Br)CCN1CC(C)(C)O. The molecule has 1 fully saturated rings. The van der Waals surface area contributed by atoms with Crippen molar-refractivity contribution < 1.29 is 14.6 Å².